The molecule has 0 heterocycles. The lowest BCUT2D eigenvalue weighted by Crippen LogP contribution is -2.14. The van der Waals surface area contributed by atoms with Gasteiger partial charge < -0.3 is 0 Å². The highest BCUT2D eigenvalue weighted by atomic mass is 14.4. The minimum Gasteiger partial charge on any atom is -0.0622 e. The van der Waals surface area contributed by atoms with Crippen LogP contribution in [0.1, 0.15) is 30.5 Å². The first-order valence-electron chi connectivity index (χ1n) is 14.9. The summed E-state index contributed by atoms with van der Waals surface area (Å²) in [5.74, 6) is 0. The number of fused-ring (bicyclic) bond motifs is 5. The minimum atomic E-state index is 0.000943. The van der Waals surface area contributed by atoms with Crippen molar-refractivity contribution in [2.75, 3.05) is 0 Å². The van der Waals surface area contributed by atoms with Gasteiger partial charge in [-0.15, -0.1) is 0 Å². The van der Waals surface area contributed by atoms with Crippen LogP contribution in [0, 0.1) is 6.92 Å². The summed E-state index contributed by atoms with van der Waals surface area (Å²) in [5, 5.41) is 5.19. The van der Waals surface area contributed by atoms with Crippen LogP contribution < -0.4 is 0 Å². The third kappa shape index (κ3) is 3.68. The van der Waals surface area contributed by atoms with Crippen molar-refractivity contribution >= 4 is 21.5 Å². The van der Waals surface area contributed by atoms with Gasteiger partial charge in [-0.1, -0.05) is 153 Å². The quantitative estimate of drug-likeness (QED) is 0.197. The second kappa shape index (κ2) is 9.29. The van der Waals surface area contributed by atoms with Crippen LogP contribution in [0.25, 0.3) is 66.1 Å². The summed E-state index contributed by atoms with van der Waals surface area (Å²) in [6, 6.07) is 51.7. The molecule has 1 aliphatic rings. The van der Waals surface area contributed by atoms with Crippen molar-refractivity contribution in [1.29, 1.82) is 0 Å². The summed E-state index contributed by atoms with van der Waals surface area (Å²) in [5.41, 5.74) is 14.4. The van der Waals surface area contributed by atoms with Gasteiger partial charge in [0.15, 0.2) is 0 Å². The highest BCUT2D eigenvalue weighted by Gasteiger charge is 2.35. The number of benzene rings is 7. The predicted octanol–water partition coefficient (Wildman–Crippen LogP) is 11.6. The molecule has 8 rings (SSSR count). The highest BCUT2D eigenvalue weighted by molar-refractivity contribution is 6.21. The van der Waals surface area contributed by atoms with Gasteiger partial charge in [0.25, 0.3) is 0 Å². The molecule has 0 spiro atoms. The summed E-state index contributed by atoms with van der Waals surface area (Å²) in [4.78, 5) is 0. The zero-order valence-electron chi connectivity index (χ0n) is 24.3. The topological polar surface area (TPSA) is 0 Å². The van der Waals surface area contributed by atoms with Crippen LogP contribution in [-0.2, 0) is 5.41 Å². The van der Waals surface area contributed by atoms with Gasteiger partial charge in [-0.05, 0) is 90.2 Å². The molecule has 0 amide bonds. The predicted molar refractivity (Wildman–Crippen MR) is 180 cm³/mol. The normalized spacial score (nSPS) is 13.3. The maximum absolute atomic E-state index is 2.45. The number of aryl methyl sites for hydroxylation is 1. The third-order valence-corrected chi connectivity index (χ3v) is 9.33. The molecule has 7 aromatic carbocycles. The molecule has 200 valence electrons. The maximum atomic E-state index is 2.45. The van der Waals surface area contributed by atoms with Crippen molar-refractivity contribution in [1.82, 2.24) is 0 Å². The maximum Gasteiger partial charge on any atom is 0.0158 e. The lowest BCUT2D eigenvalue weighted by atomic mass is 9.81. The average molecular weight is 537 g/mol. The van der Waals surface area contributed by atoms with Gasteiger partial charge in [-0.3, -0.25) is 0 Å². The molecule has 1 aliphatic carbocycles. The lowest BCUT2D eigenvalue weighted by Gasteiger charge is -2.22. The molecule has 0 atom stereocenters. The Morgan fingerprint density at radius 3 is 1.69 bits per heavy atom. The molecule has 7 aromatic rings. The molecule has 0 saturated heterocycles. The minimum absolute atomic E-state index is 0.000943. The first kappa shape index (κ1) is 24.8. The molecule has 0 saturated carbocycles. The smallest absolute Gasteiger partial charge is 0.0158 e. The van der Waals surface area contributed by atoms with Gasteiger partial charge >= 0.3 is 0 Å². The molecule has 42 heavy (non-hydrogen) atoms. The third-order valence-electron chi connectivity index (χ3n) is 9.33. The Labute approximate surface area is 247 Å². The molecule has 0 radical (unpaired) electrons. The van der Waals surface area contributed by atoms with Gasteiger partial charge in [0.05, 0.1) is 0 Å². The van der Waals surface area contributed by atoms with Gasteiger partial charge in [0.2, 0.25) is 0 Å². The van der Waals surface area contributed by atoms with Crippen molar-refractivity contribution in [3.05, 3.63) is 156 Å². The van der Waals surface area contributed by atoms with Crippen LogP contribution in [0.3, 0.4) is 0 Å². The molecule has 0 nitrogen and oxygen atoms in total. The number of hydrogen-bond donors (Lipinski definition) is 0. The number of hydrogen-bond acceptors (Lipinski definition) is 0. The van der Waals surface area contributed by atoms with E-state index in [4.69, 9.17) is 0 Å². The largest absolute Gasteiger partial charge is 0.0622 e. The van der Waals surface area contributed by atoms with Crippen molar-refractivity contribution < 1.29 is 0 Å². The van der Waals surface area contributed by atoms with Gasteiger partial charge in [0, 0.05) is 5.41 Å². The highest BCUT2D eigenvalue weighted by Crippen LogP contribution is 2.51. The first-order valence-corrected chi connectivity index (χ1v) is 14.9. The lowest BCUT2D eigenvalue weighted by molar-refractivity contribution is 0.660. The molecule has 0 aliphatic heterocycles. The van der Waals surface area contributed by atoms with Crippen LogP contribution in [-0.4, -0.2) is 0 Å². The van der Waals surface area contributed by atoms with E-state index in [1.807, 2.05) is 0 Å². The van der Waals surface area contributed by atoms with Crippen LogP contribution in [0.2, 0.25) is 0 Å². The van der Waals surface area contributed by atoms with Gasteiger partial charge in [0.1, 0.15) is 0 Å². The van der Waals surface area contributed by atoms with Crippen LogP contribution >= 0.6 is 0 Å². The van der Waals surface area contributed by atoms with Crippen LogP contribution in [0.5, 0.6) is 0 Å². The number of rotatable bonds is 3. The van der Waals surface area contributed by atoms with E-state index in [1.165, 1.54) is 82.7 Å². The van der Waals surface area contributed by atoms with Crippen LogP contribution in [0.4, 0.5) is 0 Å². The van der Waals surface area contributed by atoms with E-state index in [9.17, 15) is 0 Å². The van der Waals surface area contributed by atoms with E-state index in [1.54, 1.807) is 0 Å². The molecule has 0 heteroatoms. The summed E-state index contributed by atoms with van der Waals surface area (Å²) < 4.78 is 0. The van der Waals surface area contributed by atoms with E-state index in [2.05, 4.69) is 160 Å². The Bertz CT molecular complexity index is 2140. The summed E-state index contributed by atoms with van der Waals surface area (Å²) in [6.07, 6.45) is 0. The molecule has 0 fully saturated rings. The Kier molecular flexibility index (Phi) is 5.49. The van der Waals surface area contributed by atoms with E-state index < -0.39 is 0 Å². The molecule has 0 N–H and O–H groups in total. The Morgan fingerprint density at radius 1 is 0.381 bits per heavy atom. The summed E-state index contributed by atoms with van der Waals surface area (Å²) in [7, 11) is 0. The molecule has 0 unspecified atom stereocenters. The van der Waals surface area contributed by atoms with Crippen molar-refractivity contribution in [2.24, 2.45) is 0 Å². The summed E-state index contributed by atoms with van der Waals surface area (Å²) >= 11 is 0. The Balaban J connectivity index is 1.39. The monoisotopic (exact) mass is 536 g/mol. The fraction of sp³-hybridized carbons (Fsp3) is 0.0952. The average Bonchev–Trinajstić information content (AvgIpc) is 3.26. The Morgan fingerprint density at radius 2 is 0.929 bits per heavy atom. The van der Waals surface area contributed by atoms with E-state index in [0.29, 0.717) is 0 Å². The second-order valence-corrected chi connectivity index (χ2v) is 12.2. The molecular weight excluding hydrogens is 504 g/mol. The first-order chi connectivity index (χ1) is 20.5. The van der Waals surface area contributed by atoms with Crippen LogP contribution in [0.15, 0.2) is 140 Å². The standard InChI is InChI=1S/C42H32/c1-27-17-23-35-37(25-27)41(31-22-24-39-36(26-31)32-13-9-10-16-38(32)42(39,2)3)34-15-8-7-14-33(34)40(35)30-20-18-29(19-21-30)28-11-5-4-6-12-28/h4-26H,1-3H3. The SMILES string of the molecule is Cc1ccc2c(-c3ccc(-c4ccccc4)cc3)c3ccccc3c(-c3ccc4c(c3)-c3ccccc3C4(C)C)c2c1. The zero-order valence-corrected chi connectivity index (χ0v) is 24.3. The zero-order chi connectivity index (χ0) is 28.4. The Hall–Kier alpha value is -4.94. The van der Waals surface area contributed by atoms with Gasteiger partial charge in [-0.25, -0.2) is 0 Å². The van der Waals surface area contributed by atoms with E-state index >= 15 is 0 Å². The molecule has 0 aromatic heterocycles. The van der Waals surface area contributed by atoms with Gasteiger partial charge in [-0.2, -0.15) is 0 Å². The van der Waals surface area contributed by atoms with Crippen molar-refractivity contribution in [3.8, 4) is 44.5 Å². The van der Waals surface area contributed by atoms with Crippen molar-refractivity contribution in [2.45, 2.75) is 26.2 Å². The second-order valence-electron chi connectivity index (χ2n) is 12.2. The van der Waals surface area contributed by atoms with Crippen molar-refractivity contribution in [3.63, 3.8) is 0 Å². The fourth-order valence-electron chi connectivity index (χ4n) is 7.25. The fourth-order valence-corrected chi connectivity index (χ4v) is 7.25. The van der Waals surface area contributed by atoms with E-state index in [0.717, 1.165) is 0 Å². The summed E-state index contributed by atoms with van der Waals surface area (Å²) in [6.45, 7) is 6.90. The molecular formula is C42H32. The molecule has 0 bridgehead atoms. The van der Waals surface area contributed by atoms with E-state index in [-0.39, 0.29) is 5.41 Å².